The Kier molecular flexibility index (Phi) is 6.26. The number of benzene rings is 2. The maximum absolute atomic E-state index is 12.4. The first-order valence-electron chi connectivity index (χ1n) is 8.39. The molecule has 1 heterocycles. The van der Waals surface area contributed by atoms with E-state index in [-0.39, 0.29) is 5.91 Å². The summed E-state index contributed by atoms with van der Waals surface area (Å²) in [6.07, 6.45) is 0.584. The Bertz CT molecular complexity index is 999. The lowest BCUT2D eigenvalue weighted by molar-refractivity contribution is 0.0953. The maximum atomic E-state index is 12.4. The highest BCUT2D eigenvalue weighted by atomic mass is 35.5. The molecule has 6 nitrogen and oxygen atoms in total. The molecule has 2 aromatic carbocycles. The zero-order valence-electron chi connectivity index (χ0n) is 14.7. The Hall–Kier alpha value is -2.64. The van der Waals surface area contributed by atoms with E-state index in [1.165, 1.54) is 0 Å². The molecule has 0 unspecified atom stereocenters. The molecule has 3 rings (SSSR count). The number of nitrogens with one attached hydrogen (secondary N) is 2. The van der Waals surface area contributed by atoms with Gasteiger partial charge >= 0.3 is 0 Å². The molecule has 0 saturated heterocycles. The summed E-state index contributed by atoms with van der Waals surface area (Å²) < 4.78 is 8.10. The molecule has 1 aromatic heterocycles. The number of hydrogen-bond acceptors (Lipinski definition) is 4. The summed E-state index contributed by atoms with van der Waals surface area (Å²) in [5.74, 6) is 1.25. The van der Waals surface area contributed by atoms with Crippen LogP contribution in [0, 0.1) is 4.77 Å². The lowest BCUT2D eigenvalue weighted by Gasteiger charge is -2.09. The Morgan fingerprint density at radius 2 is 2.11 bits per heavy atom. The van der Waals surface area contributed by atoms with Crippen molar-refractivity contribution in [3.63, 3.8) is 0 Å². The molecule has 0 aliphatic heterocycles. The van der Waals surface area contributed by atoms with E-state index in [0.717, 1.165) is 11.4 Å². The molecule has 0 radical (unpaired) electrons. The topological polar surface area (TPSA) is 71.9 Å². The lowest BCUT2D eigenvalue weighted by atomic mass is 10.2. The first kappa shape index (κ1) is 19.1. The van der Waals surface area contributed by atoms with Gasteiger partial charge in [-0.1, -0.05) is 29.8 Å². The smallest absolute Gasteiger partial charge is 0.251 e. The van der Waals surface area contributed by atoms with E-state index >= 15 is 0 Å². The number of aromatic amines is 1. The Morgan fingerprint density at radius 3 is 2.85 bits per heavy atom. The first-order chi connectivity index (χ1) is 13.0. The second-order valence-corrected chi connectivity index (χ2v) is 6.78. The van der Waals surface area contributed by atoms with Gasteiger partial charge in [0.25, 0.3) is 5.91 Å². The van der Waals surface area contributed by atoms with Gasteiger partial charge in [-0.2, -0.15) is 5.10 Å². The van der Waals surface area contributed by atoms with Crippen molar-refractivity contribution in [2.75, 3.05) is 6.54 Å². The fourth-order valence-corrected chi connectivity index (χ4v) is 2.88. The Morgan fingerprint density at radius 1 is 1.30 bits per heavy atom. The Balaban J connectivity index is 1.55. The monoisotopic (exact) mass is 402 g/mol. The largest absolute Gasteiger partial charge is 0.489 e. The van der Waals surface area contributed by atoms with Crippen molar-refractivity contribution in [1.29, 1.82) is 0 Å². The molecule has 140 valence electrons. The number of halogens is 1. The zero-order valence-corrected chi connectivity index (χ0v) is 16.3. The molecule has 0 atom stereocenters. The number of ether oxygens (including phenoxy) is 1. The normalized spacial score (nSPS) is 10.6. The summed E-state index contributed by atoms with van der Waals surface area (Å²) in [6, 6.07) is 14.5. The molecule has 3 aromatic rings. The minimum atomic E-state index is -0.167. The van der Waals surface area contributed by atoms with Crippen LogP contribution in [0.4, 0.5) is 0 Å². The van der Waals surface area contributed by atoms with Gasteiger partial charge in [0, 0.05) is 30.6 Å². The first-order valence-corrected chi connectivity index (χ1v) is 9.17. The summed E-state index contributed by atoms with van der Waals surface area (Å²) in [5.41, 5.74) is 1.50. The number of H-pyrrole nitrogens is 1. The highest BCUT2D eigenvalue weighted by Crippen LogP contribution is 2.17. The number of aromatic nitrogens is 3. The standard InChI is InChI=1S/C19H19ClN4O2S/c1-24-17(22-23-19(24)27)8-9-21-18(25)14-5-3-7-16(11-14)26-12-13-4-2-6-15(20)10-13/h2-7,10-11H,8-9,12H2,1H3,(H,21,25)(H,23,27). The SMILES string of the molecule is Cn1c(CCNC(=O)c2cccc(OCc3cccc(Cl)c3)c2)n[nH]c1=S. The van der Waals surface area contributed by atoms with Gasteiger partial charge in [-0.25, -0.2) is 0 Å². The Labute approximate surface area is 167 Å². The highest BCUT2D eigenvalue weighted by molar-refractivity contribution is 7.71. The summed E-state index contributed by atoms with van der Waals surface area (Å²) in [6.45, 7) is 0.838. The number of carbonyl (C=O) groups excluding carboxylic acids is 1. The van der Waals surface area contributed by atoms with Crippen molar-refractivity contribution in [3.05, 3.63) is 75.3 Å². The van der Waals surface area contributed by atoms with E-state index in [1.54, 1.807) is 22.8 Å². The van der Waals surface area contributed by atoms with Crippen LogP contribution in [0.25, 0.3) is 0 Å². The molecule has 0 aliphatic rings. The van der Waals surface area contributed by atoms with Crippen LogP contribution in [-0.4, -0.2) is 27.2 Å². The van der Waals surface area contributed by atoms with Gasteiger partial charge in [0.1, 0.15) is 18.2 Å². The molecule has 0 saturated carbocycles. The average molecular weight is 403 g/mol. The summed E-state index contributed by atoms with van der Waals surface area (Å²) in [7, 11) is 1.84. The highest BCUT2D eigenvalue weighted by Gasteiger charge is 2.08. The van der Waals surface area contributed by atoms with Crippen molar-refractivity contribution in [2.45, 2.75) is 13.0 Å². The molecule has 0 aliphatic carbocycles. The van der Waals surface area contributed by atoms with E-state index in [9.17, 15) is 4.79 Å². The van der Waals surface area contributed by atoms with Gasteiger partial charge < -0.3 is 14.6 Å². The van der Waals surface area contributed by atoms with E-state index in [0.29, 0.717) is 40.7 Å². The predicted octanol–water partition coefficient (Wildman–Crippen LogP) is 3.68. The number of rotatable bonds is 7. The number of hydrogen-bond donors (Lipinski definition) is 2. The van der Waals surface area contributed by atoms with Crippen LogP contribution in [0.2, 0.25) is 5.02 Å². The van der Waals surface area contributed by atoms with Crippen molar-refractivity contribution in [1.82, 2.24) is 20.1 Å². The fraction of sp³-hybridized carbons (Fsp3) is 0.211. The van der Waals surface area contributed by atoms with Gasteiger partial charge in [0.2, 0.25) is 0 Å². The van der Waals surface area contributed by atoms with E-state index < -0.39 is 0 Å². The third-order valence-corrected chi connectivity index (χ3v) is 4.60. The predicted molar refractivity (Wildman–Crippen MR) is 107 cm³/mol. The molecule has 27 heavy (non-hydrogen) atoms. The minimum Gasteiger partial charge on any atom is -0.489 e. The molecule has 0 fully saturated rings. The number of nitrogens with zero attached hydrogens (tertiary/aromatic N) is 2. The van der Waals surface area contributed by atoms with Crippen molar-refractivity contribution in [3.8, 4) is 5.75 Å². The molecular formula is C19H19ClN4O2S. The van der Waals surface area contributed by atoms with Crippen LogP contribution in [0.1, 0.15) is 21.7 Å². The van der Waals surface area contributed by atoms with Gasteiger partial charge in [0.05, 0.1) is 0 Å². The molecular weight excluding hydrogens is 384 g/mol. The van der Waals surface area contributed by atoms with Gasteiger partial charge in [-0.05, 0) is 48.1 Å². The average Bonchev–Trinajstić information content (AvgIpc) is 2.99. The number of carbonyl (C=O) groups is 1. The summed E-state index contributed by atoms with van der Waals surface area (Å²) in [5, 5.41) is 10.4. The van der Waals surface area contributed by atoms with E-state index in [1.807, 2.05) is 37.4 Å². The fourth-order valence-electron chi connectivity index (χ4n) is 2.51. The van der Waals surface area contributed by atoms with Crippen molar-refractivity contribution < 1.29 is 9.53 Å². The van der Waals surface area contributed by atoms with E-state index in [4.69, 9.17) is 28.6 Å². The second-order valence-electron chi connectivity index (χ2n) is 5.96. The van der Waals surface area contributed by atoms with Crippen LogP contribution in [0.15, 0.2) is 48.5 Å². The van der Waals surface area contributed by atoms with Crippen LogP contribution >= 0.6 is 23.8 Å². The number of amides is 1. The quantitative estimate of drug-likeness (QED) is 0.591. The molecule has 0 spiro atoms. The maximum Gasteiger partial charge on any atom is 0.251 e. The zero-order chi connectivity index (χ0) is 19.2. The van der Waals surface area contributed by atoms with Gasteiger partial charge in [-0.15, -0.1) is 0 Å². The van der Waals surface area contributed by atoms with Gasteiger partial charge in [0.15, 0.2) is 4.77 Å². The third-order valence-electron chi connectivity index (χ3n) is 4.00. The van der Waals surface area contributed by atoms with Crippen LogP contribution in [0.3, 0.4) is 0 Å². The molecule has 1 amide bonds. The van der Waals surface area contributed by atoms with E-state index in [2.05, 4.69) is 15.5 Å². The van der Waals surface area contributed by atoms with Crippen molar-refractivity contribution >= 4 is 29.7 Å². The van der Waals surface area contributed by atoms with Crippen molar-refractivity contribution in [2.24, 2.45) is 7.05 Å². The van der Waals surface area contributed by atoms with Crippen LogP contribution in [-0.2, 0) is 20.1 Å². The summed E-state index contributed by atoms with van der Waals surface area (Å²) >= 11 is 11.0. The third kappa shape index (κ3) is 5.18. The molecule has 0 bridgehead atoms. The minimum absolute atomic E-state index is 0.167. The van der Waals surface area contributed by atoms with Crippen LogP contribution < -0.4 is 10.1 Å². The van der Waals surface area contributed by atoms with Crippen LogP contribution in [0.5, 0.6) is 5.75 Å². The molecule has 2 N–H and O–H groups in total. The lowest BCUT2D eigenvalue weighted by Crippen LogP contribution is -2.26. The molecule has 8 heteroatoms. The summed E-state index contributed by atoms with van der Waals surface area (Å²) in [4.78, 5) is 12.4. The van der Waals surface area contributed by atoms with Gasteiger partial charge in [-0.3, -0.25) is 9.89 Å². The second kappa shape index (κ2) is 8.83.